The molecule has 4 heteroatoms. The van der Waals surface area contributed by atoms with Crippen LogP contribution in [0.25, 0.3) is 10.9 Å². The quantitative estimate of drug-likeness (QED) is 0.703. The maximum Gasteiger partial charge on any atom is 0.123 e. The van der Waals surface area contributed by atoms with E-state index >= 15 is 0 Å². The fourth-order valence-electron chi connectivity index (χ4n) is 3.66. The molecule has 2 heterocycles. The molecule has 1 aromatic heterocycles. The number of aromatic amines is 1. The van der Waals surface area contributed by atoms with Crippen LogP contribution in [0.3, 0.4) is 0 Å². The van der Waals surface area contributed by atoms with Gasteiger partial charge in [0, 0.05) is 23.1 Å². The van der Waals surface area contributed by atoms with Gasteiger partial charge in [-0.3, -0.25) is 4.90 Å². The zero-order valence-corrected chi connectivity index (χ0v) is 13.4. The van der Waals surface area contributed by atoms with Crippen LogP contribution in [0.5, 0.6) is 0 Å². The molecular weight excluding hydrogens is 306 g/mol. The van der Waals surface area contributed by atoms with Crippen molar-refractivity contribution in [2.24, 2.45) is 0 Å². The Morgan fingerprint density at radius 2 is 1.75 bits per heavy atom. The number of aromatic nitrogens is 1. The van der Waals surface area contributed by atoms with Gasteiger partial charge in [0.1, 0.15) is 11.6 Å². The number of hydrogen-bond acceptors (Lipinski definition) is 1. The Morgan fingerprint density at radius 3 is 2.58 bits per heavy atom. The van der Waals surface area contributed by atoms with Crippen LogP contribution in [0.1, 0.15) is 36.6 Å². The molecular formula is C20H20F2N2. The summed E-state index contributed by atoms with van der Waals surface area (Å²) in [5.74, 6) is -0.411. The van der Waals surface area contributed by atoms with E-state index < -0.39 is 0 Å². The molecule has 0 unspecified atom stereocenters. The van der Waals surface area contributed by atoms with Crippen molar-refractivity contribution in [2.45, 2.75) is 31.8 Å². The molecule has 24 heavy (non-hydrogen) atoms. The summed E-state index contributed by atoms with van der Waals surface area (Å²) in [6, 6.07) is 13.9. The number of benzene rings is 2. The third-order valence-corrected chi connectivity index (χ3v) is 4.88. The fraction of sp³-hybridized carbons (Fsp3) is 0.300. The molecule has 4 rings (SSSR count). The molecule has 0 aliphatic carbocycles. The number of rotatable bonds is 3. The highest BCUT2D eigenvalue weighted by Crippen LogP contribution is 2.33. The topological polar surface area (TPSA) is 19.0 Å². The van der Waals surface area contributed by atoms with E-state index in [0.29, 0.717) is 6.04 Å². The second-order valence-corrected chi connectivity index (χ2v) is 6.56. The number of halogens is 2. The van der Waals surface area contributed by atoms with Gasteiger partial charge >= 0.3 is 0 Å². The lowest BCUT2D eigenvalue weighted by Crippen LogP contribution is -2.33. The Hall–Kier alpha value is -2.20. The third-order valence-electron chi connectivity index (χ3n) is 4.88. The maximum absolute atomic E-state index is 13.4. The summed E-state index contributed by atoms with van der Waals surface area (Å²) in [7, 11) is 0. The summed E-state index contributed by atoms with van der Waals surface area (Å²) in [4.78, 5) is 5.88. The highest BCUT2D eigenvalue weighted by Gasteiger charge is 2.25. The molecule has 0 amide bonds. The predicted molar refractivity (Wildman–Crippen MR) is 91.7 cm³/mol. The van der Waals surface area contributed by atoms with Crippen LogP contribution in [0.15, 0.2) is 48.5 Å². The van der Waals surface area contributed by atoms with Crippen molar-refractivity contribution in [3.8, 4) is 0 Å². The van der Waals surface area contributed by atoms with Crippen LogP contribution in [0.2, 0.25) is 0 Å². The molecule has 2 aromatic carbocycles. The number of piperidine rings is 1. The van der Waals surface area contributed by atoms with E-state index in [4.69, 9.17) is 0 Å². The molecule has 124 valence electrons. The summed E-state index contributed by atoms with van der Waals surface area (Å²) >= 11 is 0. The molecule has 0 radical (unpaired) electrons. The number of H-pyrrole nitrogens is 1. The lowest BCUT2D eigenvalue weighted by atomic mass is 9.98. The van der Waals surface area contributed by atoms with Crippen molar-refractivity contribution >= 4 is 10.9 Å². The minimum absolute atomic E-state index is 0.202. The molecule has 3 aromatic rings. The van der Waals surface area contributed by atoms with Gasteiger partial charge in [-0.05, 0) is 61.3 Å². The zero-order valence-electron chi connectivity index (χ0n) is 13.4. The zero-order chi connectivity index (χ0) is 16.5. The van der Waals surface area contributed by atoms with Crippen LogP contribution >= 0.6 is 0 Å². The van der Waals surface area contributed by atoms with Gasteiger partial charge in [-0.2, -0.15) is 0 Å². The van der Waals surface area contributed by atoms with Crippen molar-refractivity contribution in [1.29, 1.82) is 0 Å². The normalized spacial score (nSPS) is 19.0. The molecule has 1 saturated heterocycles. The minimum Gasteiger partial charge on any atom is -0.357 e. The van der Waals surface area contributed by atoms with Crippen molar-refractivity contribution < 1.29 is 8.78 Å². The first-order valence-corrected chi connectivity index (χ1v) is 8.46. The van der Waals surface area contributed by atoms with Crippen molar-refractivity contribution in [3.05, 3.63) is 71.4 Å². The molecule has 1 fully saturated rings. The average molecular weight is 326 g/mol. The summed E-state index contributed by atoms with van der Waals surface area (Å²) in [5.41, 5.74) is 3.22. The lowest BCUT2D eigenvalue weighted by Gasteiger charge is -2.35. The molecule has 0 bridgehead atoms. The number of fused-ring (bicyclic) bond motifs is 1. The van der Waals surface area contributed by atoms with Crippen LogP contribution in [-0.2, 0) is 6.54 Å². The Kier molecular flexibility index (Phi) is 4.07. The SMILES string of the molecule is Fc1ccc(CN2CCCC[C@H]2c2cc3cc(F)ccc3[nH]2)cc1. The molecule has 1 aliphatic rings. The molecule has 1 atom stereocenters. The van der Waals surface area contributed by atoms with Crippen molar-refractivity contribution in [3.63, 3.8) is 0 Å². The average Bonchev–Trinajstić information content (AvgIpc) is 3.00. The van der Waals surface area contributed by atoms with Crippen LogP contribution in [0, 0.1) is 11.6 Å². The largest absolute Gasteiger partial charge is 0.357 e. The van der Waals surface area contributed by atoms with Gasteiger partial charge in [0.2, 0.25) is 0 Å². The number of nitrogens with one attached hydrogen (secondary N) is 1. The smallest absolute Gasteiger partial charge is 0.123 e. The lowest BCUT2D eigenvalue weighted by molar-refractivity contribution is 0.138. The molecule has 2 nitrogen and oxygen atoms in total. The first-order chi connectivity index (χ1) is 11.7. The maximum atomic E-state index is 13.4. The van der Waals surface area contributed by atoms with Gasteiger partial charge in [0.05, 0.1) is 6.04 Å². The van der Waals surface area contributed by atoms with E-state index in [9.17, 15) is 8.78 Å². The van der Waals surface area contributed by atoms with Gasteiger partial charge in [0.15, 0.2) is 0 Å². The molecule has 1 aliphatic heterocycles. The third kappa shape index (κ3) is 3.06. The Labute approximate surface area is 140 Å². The fourth-order valence-corrected chi connectivity index (χ4v) is 3.66. The Bertz CT molecular complexity index is 838. The van der Waals surface area contributed by atoms with E-state index in [1.54, 1.807) is 12.1 Å². The number of hydrogen-bond donors (Lipinski definition) is 1. The van der Waals surface area contributed by atoms with Crippen molar-refractivity contribution in [1.82, 2.24) is 9.88 Å². The summed E-state index contributed by atoms with van der Waals surface area (Å²) < 4.78 is 26.5. The van der Waals surface area contributed by atoms with Crippen LogP contribution in [-0.4, -0.2) is 16.4 Å². The second-order valence-electron chi connectivity index (χ2n) is 6.56. The predicted octanol–water partition coefficient (Wildman–Crippen LogP) is 5.17. The van der Waals surface area contributed by atoms with Crippen LogP contribution in [0.4, 0.5) is 8.78 Å². The van der Waals surface area contributed by atoms with E-state index in [1.807, 2.05) is 12.1 Å². The van der Waals surface area contributed by atoms with Gasteiger partial charge in [-0.15, -0.1) is 0 Å². The number of nitrogens with zero attached hydrogens (tertiary/aromatic N) is 1. The van der Waals surface area contributed by atoms with Crippen molar-refractivity contribution in [2.75, 3.05) is 6.54 Å². The monoisotopic (exact) mass is 326 g/mol. The molecule has 0 spiro atoms. The minimum atomic E-state index is -0.208. The molecule has 1 N–H and O–H groups in total. The van der Waals surface area contributed by atoms with Gasteiger partial charge in [-0.1, -0.05) is 18.6 Å². The van der Waals surface area contributed by atoms with Gasteiger partial charge < -0.3 is 4.98 Å². The Balaban J connectivity index is 1.61. The van der Waals surface area contributed by atoms with E-state index in [1.165, 1.54) is 31.0 Å². The van der Waals surface area contributed by atoms with Gasteiger partial charge in [0.25, 0.3) is 0 Å². The highest BCUT2D eigenvalue weighted by molar-refractivity contribution is 5.80. The Morgan fingerprint density at radius 1 is 0.958 bits per heavy atom. The van der Waals surface area contributed by atoms with Crippen LogP contribution < -0.4 is 0 Å². The van der Waals surface area contributed by atoms with E-state index in [2.05, 4.69) is 16.0 Å². The summed E-state index contributed by atoms with van der Waals surface area (Å²) in [5, 5.41) is 0.914. The first-order valence-electron chi connectivity index (χ1n) is 8.46. The highest BCUT2D eigenvalue weighted by atomic mass is 19.1. The first kappa shape index (κ1) is 15.3. The number of likely N-dealkylation sites (tertiary alicyclic amines) is 1. The summed E-state index contributed by atoms with van der Waals surface area (Å²) in [6.07, 6.45) is 3.44. The standard InChI is InChI=1S/C20H20F2N2/c21-16-6-4-14(5-7-16)13-24-10-2-1-3-20(24)19-12-15-11-17(22)8-9-18(15)23-19/h4-9,11-12,20,23H,1-3,10,13H2/t20-/m0/s1. The second kappa shape index (κ2) is 6.36. The van der Waals surface area contributed by atoms with Gasteiger partial charge in [-0.25, -0.2) is 8.78 Å². The summed E-state index contributed by atoms with van der Waals surface area (Å²) in [6.45, 7) is 1.82. The van der Waals surface area contributed by atoms with E-state index in [0.717, 1.165) is 41.7 Å². The van der Waals surface area contributed by atoms with E-state index in [-0.39, 0.29) is 11.6 Å². The molecule has 0 saturated carbocycles.